The molecule has 3 heterocycles. The van der Waals surface area contributed by atoms with Gasteiger partial charge in [0.05, 0.1) is 22.9 Å². The molecule has 1 fully saturated rings. The molecule has 1 saturated heterocycles. The number of anilines is 2. The van der Waals surface area contributed by atoms with E-state index in [9.17, 15) is 13.7 Å². The number of piperazine rings is 1. The summed E-state index contributed by atoms with van der Waals surface area (Å²) in [7, 11) is -1.44. The average Bonchev–Trinajstić information content (AvgIpc) is 3.19. The maximum Gasteiger partial charge on any atom is 0.175 e. The standard InChI is InChI=1S/C21H23N7O2S/c1-15-13-27(18-5-4-6-19(9-18)31(3,29)30)7-8-28(15)21-16(10-22)11-23-20(25-21)17-12-24-26(2)14-17/h4-6,9,11-12,14-15H,7-8,13H2,1-3H3. The van der Waals surface area contributed by atoms with Crippen LogP contribution in [0.3, 0.4) is 0 Å². The molecule has 160 valence electrons. The second-order valence-corrected chi connectivity index (χ2v) is 9.72. The fraction of sp³-hybridized carbons (Fsp3) is 0.333. The van der Waals surface area contributed by atoms with Crippen LogP contribution < -0.4 is 9.80 Å². The predicted molar refractivity (Wildman–Crippen MR) is 118 cm³/mol. The number of hydrogen-bond donors (Lipinski definition) is 0. The Morgan fingerprint density at radius 1 is 1.23 bits per heavy atom. The van der Waals surface area contributed by atoms with Gasteiger partial charge in [-0.1, -0.05) is 6.07 Å². The second-order valence-electron chi connectivity index (χ2n) is 7.70. The Morgan fingerprint density at radius 3 is 2.68 bits per heavy atom. The number of rotatable bonds is 4. The van der Waals surface area contributed by atoms with Gasteiger partial charge in [-0.2, -0.15) is 10.4 Å². The van der Waals surface area contributed by atoms with Gasteiger partial charge in [0, 0.05) is 50.9 Å². The smallest absolute Gasteiger partial charge is 0.175 e. The first-order chi connectivity index (χ1) is 14.8. The molecule has 31 heavy (non-hydrogen) atoms. The molecule has 9 nitrogen and oxygen atoms in total. The normalized spacial score (nSPS) is 16.9. The van der Waals surface area contributed by atoms with E-state index in [1.807, 2.05) is 19.3 Å². The Hall–Kier alpha value is -3.45. The topological polar surface area (TPSA) is 108 Å². The van der Waals surface area contributed by atoms with Crippen LogP contribution in [0.15, 0.2) is 47.8 Å². The van der Waals surface area contributed by atoms with Gasteiger partial charge in [-0.3, -0.25) is 4.68 Å². The van der Waals surface area contributed by atoms with E-state index in [1.165, 1.54) is 6.26 Å². The van der Waals surface area contributed by atoms with E-state index in [1.54, 1.807) is 35.3 Å². The molecule has 2 aromatic heterocycles. The molecule has 3 aromatic rings. The summed E-state index contributed by atoms with van der Waals surface area (Å²) in [5, 5.41) is 13.8. The maximum atomic E-state index is 11.9. The van der Waals surface area contributed by atoms with Crippen LogP contribution in [0.25, 0.3) is 11.4 Å². The molecule has 1 aliphatic heterocycles. The minimum Gasteiger partial charge on any atom is -0.368 e. The minimum absolute atomic E-state index is 0.0550. The average molecular weight is 438 g/mol. The van der Waals surface area contributed by atoms with Crippen molar-refractivity contribution in [1.82, 2.24) is 19.7 Å². The third-order valence-electron chi connectivity index (χ3n) is 5.36. The van der Waals surface area contributed by atoms with Crippen LogP contribution in [0.5, 0.6) is 0 Å². The van der Waals surface area contributed by atoms with Crippen LogP contribution in [0, 0.1) is 11.3 Å². The van der Waals surface area contributed by atoms with Crippen molar-refractivity contribution in [3.05, 3.63) is 48.4 Å². The summed E-state index contributed by atoms with van der Waals surface area (Å²) in [6, 6.07) is 9.26. The van der Waals surface area contributed by atoms with Crippen LogP contribution in [-0.2, 0) is 16.9 Å². The Balaban J connectivity index is 1.60. The molecule has 10 heteroatoms. The molecule has 0 radical (unpaired) electrons. The van der Waals surface area contributed by atoms with Gasteiger partial charge in [0.1, 0.15) is 11.6 Å². The van der Waals surface area contributed by atoms with E-state index < -0.39 is 9.84 Å². The van der Waals surface area contributed by atoms with Gasteiger partial charge in [0.15, 0.2) is 21.5 Å². The Morgan fingerprint density at radius 2 is 2.03 bits per heavy atom. The number of nitrogens with zero attached hydrogens (tertiary/aromatic N) is 7. The van der Waals surface area contributed by atoms with Gasteiger partial charge in [-0.15, -0.1) is 0 Å². The molecule has 1 aliphatic rings. The monoisotopic (exact) mass is 437 g/mol. The van der Waals surface area contributed by atoms with Crippen molar-refractivity contribution in [2.45, 2.75) is 17.9 Å². The Labute approximate surface area is 181 Å². The lowest BCUT2D eigenvalue weighted by molar-refractivity contribution is 0.545. The molecule has 0 aliphatic carbocycles. The number of benzene rings is 1. The number of hydrogen-bond acceptors (Lipinski definition) is 8. The summed E-state index contributed by atoms with van der Waals surface area (Å²) >= 11 is 0. The zero-order valence-corrected chi connectivity index (χ0v) is 18.4. The van der Waals surface area contributed by atoms with Crippen LogP contribution in [0.4, 0.5) is 11.5 Å². The van der Waals surface area contributed by atoms with Crippen molar-refractivity contribution in [1.29, 1.82) is 5.26 Å². The molecule has 1 aromatic carbocycles. The van der Waals surface area contributed by atoms with Gasteiger partial charge in [-0.25, -0.2) is 18.4 Å². The molecule has 0 bridgehead atoms. The van der Waals surface area contributed by atoms with Crippen molar-refractivity contribution in [2.24, 2.45) is 7.05 Å². The number of sulfone groups is 1. The third-order valence-corrected chi connectivity index (χ3v) is 6.47. The third kappa shape index (κ3) is 4.22. The molecule has 0 saturated carbocycles. The van der Waals surface area contributed by atoms with Crippen molar-refractivity contribution >= 4 is 21.3 Å². The van der Waals surface area contributed by atoms with Crippen molar-refractivity contribution in [3.8, 4) is 17.5 Å². The minimum atomic E-state index is -3.27. The molecule has 0 N–H and O–H groups in total. The van der Waals surface area contributed by atoms with E-state index in [4.69, 9.17) is 0 Å². The first-order valence-electron chi connectivity index (χ1n) is 9.84. The predicted octanol–water partition coefficient (Wildman–Crippen LogP) is 1.87. The zero-order chi connectivity index (χ0) is 22.2. The summed E-state index contributed by atoms with van der Waals surface area (Å²) in [6.45, 7) is 4.06. The summed E-state index contributed by atoms with van der Waals surface area (Å²) < 4.78 is 25.5. The summed E-state index contributed by atoms with van der Waals surface area (Å²) in [5.41, 5.74) is 2.08. The van der Waals surface area contributed by atoms with Gasteiger partial charge in [0.2, 0.25) is 0 Å². The lowest BCUT2D eigenvalue weighted by Crippen LogP contribution is -2.52. The number of nitriles is 1. The molecular weight excluding hydrogens is 414 g/mol. The highest BCUT2D eigenvalue weighted by atomic mass is 32.2. The van der Waals surface area contributed by atoms with Gasteiger partial charge >= 0.3 is 0 Å². The van der Waals surface area contributed by atoms with E-state index in [0.717, 1.165) is 11.3 Å². The van der Waals surface area contributed by atoms with E-state index in [0.29, 0.717) is 41.7 Å². The lowest BCUT2D eigenvalue weighted by Gasteiger charge is -2.42. The van der Waals surface area contributed by atoms with E-state index in [2.05, 4.69) is 37.9 Å². The summed E-state index contributed by atoms with van der Waals surface area (Å²) in [4.78, 5) is 13.6. The highest BCUT2D eigenvalue weighted by Gasteiger charge is 2.28. The molecule has 0 amide bonds. The molecule has 1 unspecified atom stereocenters. The quantitative estimate of drug-likeness (QED) is 0.609. The highest BCUT2D eigenvalue weighted by molar-refractivity contribution is 7.90. The number of aromatic nitrogens is 4. The van der Waals surface area contributed by atoms with E-state index >= 15 is 0 Å². The summed E-state index contributed by atoms with van der Waals surface area (Å²) in [5.74, 6) is 1.13. The first kappa shape index (κ1) is 20.8. The largest absolute Gasteiger partial charge is 0.368 e. The molecule has 4 rings (SSSR count). The van der Waals surface area contributed by atoms with Crippen molar-refractivity contribution < 1.29 is 8.42 Å². The second kappa shape index (κ2) is 8.00. The van der Waals surface area contributed by atoms with Gasteiger partial charge in [-0.05, 0) is 25.1 Å². The Bertz CT molecular complexity index is 1260. The van der Waals surface area contributed by atoms with Crippen molar-refractivity contribution in [2.75, 3.05) is 35.7 Å². The van der Waals surface area contributed by atoms with Crippen LogP contribution in [0.1, 0.15) is 12.5 Å². The lowest BCUT2D eigenvalue weighted by atomic mass is 10.1. The molecular formula is C21H23N7O2S. The van der Waals surface area contributed by atoms with Crippen LogP contribution in [0.2, 0.25) is 0 Å². The summed E-state index contributed by atoms with van der Waals surface area (Å²) in [6.07, 6.45) is 6.30. The molecule has 1 atom stereocenters. The zero-order valence-electron chi connectivity index (χ0n) is 17.6. The highest BCUT2D eigenvalue weighted by Crippen LogP contribution is 2.28. The first-order valence-corrected chi connectivity index (χ1v) is 11.7. The van der Waals surface area contributed by atoms with Crippen LogP contribution in [-0.4, -0.2) is 60.1 Å². The van der Waals surface area contributed by atoms with Crippen LogP contribution >= 0.6 is 0 Å². The Kier molecular flexibility index (Phi) is 5.37. The van der Waals surface area contributed by atoms with Gasteiger partial charge in [0.25, 0.3) is 0 Å². The maximum absolute atomic E-state index is 11.9. The molecule has 0 spiro atoms. The van der Waals surface area contributed by atoms with E-state index in [-0.39, 0.29) is 6.04 Å². The fourth-order valence-electron chi connectivity index (χ4n) is 3.76. The van der Waals surface area contributed by atoms with Crippen molar-refractivity contribution in [3.63, 3.8) is 0 Å². The number of aryl methyl sites for hydroxylation is 1. The van der Waals surface area contributed by atoms with Gasteiger partial charge < -0.3 is 9.80 Å². The SMILES string of the molecule is CC1CN(c2cccc(S(C)(=O)=O)c2)CCN1c1nc(-c2cnn(C)c2)ncc1C#N. The fourth-order valence-corrected chi connectivity index (χ4v) is 4.42.